The lowest BCUT2D eigenvalue weighted by Crippen LogP contribution is -2.07. The van der Waals surface area contributed by atoms with E-state index in [1.54, 1.807) is 30.3 Å². The molecule has 0 spiro atoms. The Morgan fingerprint density at radius 2 is 2.03 bits per heavy atom. The average molecular weight is 459 g/mol. The number of carbonyl (C=O) groups is 1. The van der Waals surface area contributed by atoms with Gasteiger partial charge in [0.1, 0.15) is 11.9 Å². The van der Waals surface area contributed by atoms with Gasteiger partial charge >= 0.3 is 0 Å². The zero-order valence-electron chi connectivity index (χ0n) is 17.6. The van der Waals surface area contributed by atoms with E-state index < -0.39 is 0 Å². The van der Waals surface area contributed by atoms with Crippen molar-refractivity contribution in [2.24, 2.45) is 0 Å². The Labute approximate surface area is 195 Å². The van der Waals surface area contributed by atoms with Crippen molar-refractivity contribution in [1.82, 2.24) is 9.97 Å². The van der Waals surface area contributed by atoms with Gasteiger partial charge in [0.15, 0.2) is 18.1 Å². The van der Waals surface area contributed by atoms with E-state index in [1.165, 1.54) is 13.2 Å². The lowest BCUT2D eigenvalue weighted by molar-refractivity contribution is -0.111. The van der Waals surface area contributed by atoms with Crippen LogP contribution in [0.3, 0.4) is 0 Å². The number of hydrogen-bond donors (Lipinski definition) is 2. The maximum atomic E-state index is 12.4. The number of benzene rings is 3. The van der Waals surface area contributed by atoms with Crippen LogP contribution in [0.5, 0.6) is 11.5 Å². The van der Waals surface area contributed by atoms with Gasteiger partial charge in [-0.15, -0.1) is 0 Å². The maximum Gasteiger partial charge on any atom is 0.248 e. The normalized spacial score (nSPS) is 10.8. The summed E-state index contributed by atoms with van der Waals surface area (Å²) in [6.07, 6.45) is 3.09. The van der Waals surface area contributed by atoms with Crippen molar-refractivity contribution in [2.45, 2.75) is 0 Å². The molecule has 0 bridgehead atoms. The first-order valence-corrected chi connectivity index (χ1v) is 10.4. The Hall–Kier alpha value is -4.28. The number of ether oxygens (including phenoxy) is 2. The van der Waals surface area contributed by atoms with E-state index in [0.717, 1.165) is 22.2 Å². The molecule has 4 rings (SSSR count). The van der Waals surface area contributed by atoms with Gasteiger partial charge in [-0.25, -0.2) is 4.98 Å². The summed E-state index contributed by atoms with van der Waals surface area (Å²) < 4.78 is 10.6. The Morgan fingerprint density at radius 3 is 2.82 bits per heavy atom. The largest absolute Gasteiger partial charge is 0.493 e. The third-order valence-corrected chi connectivity index (χ3v) is 5.12. The number of hydrogen-bond acceptors (Lipinski definition) is 5. The van der Waals surface area contributed by atoms with Gasteiger partial charge < -0.3 is 19.8 Å². The number of aromatic nitrogens is 2. The van der Waals surface area contributed by atoms with Crippen molar-refractivity contribution in [1.29, 1.82) is 5.26 Å². The van der Waals surface area contributed by atoms with Gasteiger partial charge in [-0.2, -0.15) is 5.26 Å². The lowest BCUT2D eigenvalue weighted by Gasteiger charge is -2.08. The van der Waals surface area contributed by atoms with Gasteiger partial charge in [0, 0.05) is 17.3 Å². The zero-order valence-corrected chi connectivity index (χ0v) is 18.4. The minimum absolute atomic E-state index is 0.0749. The lowest BCUT2D eigenvalue weighted by atomic mass is 10.2. The Balaban J connectivity index is 1.47. The van der Waals surface area contributed by atoms with E-state index in [0.29, 0.717) is 28.0 Å². The van der Waals surface area contributed by atoms with Gasteiger partial charge in [0.05, 0.1) is 23.2 Å². The molecule has 2 N–H and O–H groups in total. The summed E-state index contributed by atoms with van der Waals surface area (Å²) in [7, 11) is 1.51. The van der Waals surface area contributed by atoms with E-state index >= 15 is 0 Å². The molecule has 1 aromatic heterocycles. The monoisotopic (exact) mass is 458 g/mol. The van der Waals surface area contributed by atoms with Crippen molar-refractivity contribution < 1.29 is 14.3 Å². The minimum atomic E-state index is -0.288. The molecule has 7 nitrogen and oxygen atoms in total. The number of nitrogens with one attached hydrogen (secondary N) is 2. The highest BCUT2D eigenvalue weighted by atomic mass is 35.5. The maximum absolute atomic E-state index is 12.4. The van der Waals surface area contributed by atoms with Crippen molar-refractivity contribution in [3.63, 3.8) is 0 Å². The topological polar surface area (TPSA) is 100 Å². The molecular weight excluding hydrogens is 440 g/mol. The predicted molar refractivity (Wildman–Crippen MR) is 128 cm³/mol. The van der Waals surface area contributed by atoms with Crippen LogP contribution in [0.1, 0.15) is 5.56 Å². The van der Waals surface area contributed by atoms with E-state index in [9.17, 15) is 4.79 Å². The summed E-state index contributed by atoms with van der Waals surface area (Å²) in [4.78, 5) is 20.2. The number of methoxy groups -OCH3 is 1. The number of halogens is 1. The summed E-state index contributed by atoms with van der Waals surface area (Å²) in [5, 5.41) is 12.1. The van der Waals surface area contributed by atoms with Crippen LogP contribution in [0.2, 0.25) is 5.02 Å². The molecule has 0 fully saturated rings. The fourth-order valence-electron chi connectivity index (χ4n) is 3.24. The molecule has 0 unspecified atom stereocenters. The number of fused-ring (bicyclic) bond motifs is 1. The van der Waals surface area contributed by atoms with Crippen molar-refractivity contribution >= 4 is 40.3 Å². The Morgan fingerprint density at radius 1 is 1.18 bits per heavy atom. The highest BCUT2D eigenvalue weighted by Crippen LogP contribution is 2.29. The Bertz CT molecular complexity index is 1390. The average Bonchev–Trinajstić information content (AvgIpc) is 3.25. The summed E-state index contributed by atoms with van der Waals surface area (Å²) in [5.74, 6) is 1.32. The van der Waals surface area contributed by atoms with E-state index in [2.05, 4.69) is 15.3 Å². The number of anilines is 1. The molecule has 1 heterocycles. The molecule has 4 aromatic rings. The van der Waals surface area contributed by atoms with E-state index in [-0.39, 0.29) is 12.5 Å². The summed E-state index contributed by atoms with van der Waals surface area (Å²) in [6, 6.07) is 20.0. The second-order valence-corrected chi connectivity index (χ2v) is 7.38. The molecule has 33 heavy (non-hydrogen) atoms. The van der Waals surface area contributed by atoms with Crippen molar-refractivity contribution in [3.8, 4) is 29.0 Å². The number of aromatic amines is 1. The van der Waals surface area contributed by atoms with Crippen LogP contribution in [0.25, 0.3) is 28.5 Å². The van der Waals surface area contributed by atoms with Gasteiger partial charge in [-0.05, 0) is 54.1 Å². The van der Waals surface area contributed by atoms with Gasteiger partial charge in [-0.3, -0.25) is 4.79 Å². The second-order valence-electron chi connectivity index (χ2n) is 6.98. The second kappa shape index (κ2) is 9.90. The fraction of sp³-hybridized carbons (Fsp3) is 0.0800. The van der Waals surface area contributed by atoms with Crippen LogP contribution in [-0.2, 0) is 4.79 Å². The molecular formula is C25H19ClN4O3. The van der Waals surface area contributed by atoms with Crippen LogP contribution < -0.4 is 14.8 Å². The molecule has 1 amide bonds. The molecule has 164 valence electrons. The molecule has 0 aliphatic carbocycles. The van der Waals surface area contributed by atoms with Gasteiger partial charge in [0.25, 0.3) is 0 Å². The number of nitriles is 1. The van der Waals surface area contributed by atoms with Gasteiger partial charge in [-0.1, -0.05) is 29.8 Å². The molecule has 0 atom stereocenters. The number of rotatable bonds is 7. The first kappa shape index (κ1) is 21.9. The molecule has 3 aromatic carbocycles. The highest BCUT2D eigenvalue weighted by Gasteiger charge is 2.10. The smallest absolute Gasteiger partial charge is 0.248 e. The zero-order chi connectivity index (χ0) is 23.2. The molecule has 0 saturated heterocycles. The number of H-pyrrole nitrogens is 1. The first-order valence-electron chi connectivity index (χ1n) is 9.99. The van der Waals surface area contributed by atoms with Crippen LogP contribution in [0, 0.1) is 11.3 Å². The molecule has 8 heteroatoms. The minimum Gasteiger partial charge on any atom is -0.493 e. The van der Waals surface area contributed by atoms with Crippen LogP contribution >= 0.6 is 11.6 Å². The van der Waals surface area contributed by atoms with E-state index in [4.69, 9.17) is 26.3 Å². The van der Waals surface area contributed by atoms with Crippen molar-refractivity contribution in [2.75, 3.05) is 19.0 Å². The first-order chi connectivity index (χ1) is 16.1. The summed E-state index contributed by atoms with van der Waals surface area (Å²) >= 11 is 6.27. The van der Waals surface area contributed by atoms with Gasteiger partial charge in [0.2, 0.25) is 5.91 Å². The summed E-state index contributed by atoms with van der Waals surface area (Å²) in [5.41, 5.74) is 3.74. The molecule has 0 aliphatic heterocycles. The van der Waals surface area contributed by atoms with Crippen LogP contribution in [0.15, 0.2) is 66.7 Å². The molecule has 0 radical (unpaired) electrons. The third kappa shape index (κ3) is 5.14. The van der Waals surface area contributed by atoms with Crippen LogP contribution in [-0.4, -0.2) is 29.6 Å². The summed E-state index contributed by atoms with van der Waals surface area (Å²) in [6.45, 7) is -0.0749. The van der Waals surface area contributed by atoms with E-state index in [1.807, 2.05) is 42.5 Å². The quantitative estimate of drug-likeness (QED) is 0.359. The third-order valence-electron chi connectivity index (χ3n) is 4.79. The Kier molecular flexibility index (Phi) is 6.58. The van der Waals surface area contributed by atoms with Crippen molar-refractivity contribution in [3.05, 3.63) is 77.3 Å². The number of carbonyl (C=O) groups excluding carboxylic acids is 1. The SMILES string of the molecule is COc1cc(C=CC(=O)Nc2ccc3nc(-c4ccccc4Cl)[nH]c3c2)ccc1OCC#N. The predicted octanol–water partition coefficient (Wildman–Crippen LogP) is 5.45. The molecule has 0 saturated carbocycles. The number of imidazole rings is 1. The number of nitrogens with zero attached hydrogens (tertiary/aromatic N) is 2. The van der Waals surface area contributed by atoms with Crippen LogP contribution in [0.4, 0.5) is 5.69 Å². The fourth-order valence-corrected chi connectivity index (χ4v) is 3.47. The molecule has 0 aliphatic rings. The number of amides is 1. The highest BCUT2D eigenvalue weighted by molar-refractivity contribution is 6.33. The standard InChI is InChI=1S/C25H19ClN4O3/c1-32-23-14-16(6-10-22(23)33-13-12-27)7-11-24(31)28-17-8-9-20-21(15-17)30-25(29-20)18-4-2-3-5-19(18)26/h2-11,14-15H,13H2,1H3,(H,28,31)(H,29,30).